The molecule has 4 rings (SSSR count). The molecule has 0 spiro atoms. The number of benzene rings is 3. The maximum atomic E-state index is 2.72. The van der Waals surface area contributed by atoms with Crippen LogP contribution in [0.4, 0.5) is 0 Å². The summed E-state index contributed by atoms with van der Waals surface area (Å²) >= 11 is 0. The van der Waals surface area contributed by atoms with Gasteiger partial charge in [-0.2, -0.15) is 0 Å². The predicted molar refractivity (Wildman–Crippen MR) is 126 cm³/mol. The fourth-order valence-electron chi connectivity index (χ4n) is 4.62. The fourth-order valence-corrected chi connectivity index (χ4v) is 4.62. The second kappa shape index (κ2) is 11.1. The minimum Gasteiger partial charge on any atom is -0.297 e. The Kier molecular flexibility index (Phi) is 7.71. The average Bonchev–Trinajstić information content (AvgIpc) is 2.82. The molecular weight excluding hydrogens is 364 g/mol. The third-order valence-electron chi connectivity index (χ3n) is 6.32. The molecule has 30 heavy (non-hydrogen) atoms. The number of hydrogen-bond acceptors (Lipinski definition) is 2. The summed E-state index contributed by atoms with van der Waals surface area (Å²) in [4.78, 5) is 5.32. The summed E-state index contributed by atoms with van der Waals surface area (Å²) in [5.74, 6) is 0. The van der Waals surface area contributed by atoms with Crippen LogP contribution in [0.3, 0.4) is 0 Å². The maximum Gasteiger partial charge on any atom is 0.0349 e. The highest BCUT2D eigenvalue weighted by atomic mass is 15.3. The summed E-state index contributed by atoms with van der Waals surface area (Å²) in [5.41, 5.74) is 4.36. The van der Waals surface area contributed by atoms with Gasteiger partial charge >= 0.3 is 0 Å². The summed E-state index contributed by atoms with van der Waals surface area (Å²) in [5, 5.41) is 0. The largest absolute Gasteiger partial charge is 0.297 e. The molecule has 0 amide bonds. The average molecular weight is 399 g/mol. The zero-order chi connectivity index (χ0) is 20.4. The van der Waals surface area contributed by atoms with E-state index in [9.17, 15) is 0 Å². The Balaban J connectivity index is 1.31. The SMILES string of the molecule is c1ccc(CCCCC(c2ccccc2)N2CCN(Cc3ccccc3)CC2)cc1. The first-order chi connectivity index (χ1) is 14.9. The van der Waals surface area contributed by atoms with Gasteiger partial charge in [0.05, 0.1) is 0 Å². The van der Waals surface area contributed by atoms with Gasteiger partial charge in [0.15, 0.2) is 0 Å². The molecule has 0 bridgehead atoms. The lowest BCUT2D eigenvalue weighted by atomic mass is 9.97. The van der Waals surface area contributed by atoms with Crippen LogP contribution >= 0.6 is 0 Å². The van der Waals surface area contributed by atoms with Crippen molar-refractivity contribution in [3.05, 3.63) is 108 Å². The van der Waals surface area contributed by atoms with Crippen LogP contribution in [0.2, 0.25) is 0 Å². The van der Waals surface area contributed by atoms with Crippen molar-refractivity contribution in [2.75, 3.05) is 26.2 Å². The molecule has 0 aromatic heterocycles. The minimum absolute atomic E-state index is 0.542. The molecule has 0 aliphatic carbocycles. The van der Waals surface area contributed by atoms with Crippen molar-refractivity contribution in [2.24, 2.45) is 0 Å². The maximum absolute atomic E-state index is 2.72. The van der Waals surface area contributed by atoms with Crippen molar-refractivity contribution in [3.63, 3.8) is 0 Å². The predicted octanol–water partition coefficient (Wildman–Crippen LogP) is 5.96. The number of unbranched alkanes of at least 4 members (excludes halogenated alkanes) is 1. The van der Waals surface area contributed by atoms with Crippen molar-refractivity contribution in [1.82, 2.24) is 9.80 Å². The molecule has 0 radical (unpaired) electrons. The van der Waals surface area contributed by atoms with Gasteiger partial charge in [-0.05, 0) is 36.0 Å². The van der Waals surface area contributed by atoms with Gasteiger partial charge in [-0.25, -0.2) is 0 Å². The molecule has 2 heteroatoms. The highest BCUT2D eigenvalue weighted by molar-refractivity contribution is 5.20. The van der Waals surface area contributed by atoms with Crippen molar-refractivity contribution in [1.29, 1.82) is 0 Å². The Morgan fingerprint density at radius 2 is 1.17 bits per heavy atom. The van der Waals surface area contributed by atoms with Crippen molar-refractivity contribution < 1.29 is 0 Å². The van der Waals surface area contributed by atoms with Gasteiger partial charge < -0.3 is 0 Å². The van der Waals surface area contributed by atoms with Crippen LogP contribution < -0.4 is 0 Å². The Hall–Kier alpha value is -2.42. The summed E-state index contributed by atoms with van der Waals surface area (Å²) in [6.07, 6.45) is 4.97. The van der Waals surface area contributed by atoms with Gasteiger partial charge in [-0.15, -0.1) is 0 Å². The summed E-state index contributed by atoms with van der Waals surface area (Å²) in [6.45, 7) is 5.70. The lowest BCUT2D eigenvalue weighted by molar-refractivity contribution is 0.0866. The van der Waals surface area contributed by atoms with E-state index in [1.807, 2.05) is 0 Å². The van der Waals surface area contributed by atoms with Gasteiger partial charge in [0, 0.05) is 38.8 Å². The lowest BCUT2D eigenvalue weighted by Gasteiger charge is -2.39. The second-order valence-electron chi connectivity index (χ2n) is 8.46. The van der Waals surface area contributed by atoms with E-state index in [0.29, 0.717) is 6.04 Å². The van der Waals surface area contributed by atoms with Gasteiger partial charge in [0.1, 0.15) is 0 Å². The molecule has 0 saturated carbocycles. The van der Waals surface area contributed by atoms with E-state index in [2.05, 4.69) is 101 Å². The second-order valence-corrected chi connectivity index (χ2v) is 8.46. The van der Waals surface area contributed by atoms with Crippen LogP contribution in [-0.4, -0.2) is 36.0 Å². The van der Waals surface area contributed by atoms with Crippen LogP contribution in [0.1, 0.15) is 42.0 Å². The molecule has 1 heterocycles. The quantitative estimate of drug-likeness (QED) is 0.410. The van der Waals surface area contributed by atoms with Crippen LogP contribution in [0.25, 0.3) is 0 Å². The minimum atomic E-state index is 0.542. The molecule has 1 aliphatic heterocycles. The Labute approximate surface area is 182 Å². The number of aryl methyl sites for hydroxylation is 1. The molecule has 1 saturated heterocycles. The molecule has 2 nitrogen and oxygen atoms in total. The topological polar surface area (TPSA) is 6.48 Å². The first-order valence-corrected chi connectivity index (χ1v) is 11.5. The molecule has 3 aromatic carbocycles. The van der Waals surface area contributed by atoms with Crippen LogP contribution in [0, 0.1) is 0 Å². The van der Waals surface area contributed by atoms with Crippen molar-refractivity contribution in [2.45, 2.75) is 38.3 Å². The van der Waals surface area contributed by atoms with E-state index in [0.717, 1.165) is 32.7 Å². The Bertz CT molecular complexity index is 840. The van der Waals surface area contributed by atoms with Crippen LogP contribution in [0.15, 0.2) is 91.0 Å². The Morgan fingerprint density at radius 1 is 0.600 bits per heavy atom. The summed E-state index contributed by atoms with van der Waals surface area (Å²) in [6, 6.07) is 33.5. The summed E-state index contributed by atoms with van der Waals surface area (Å²) < 4.78 is 0. The number of piperazine rings is 1. The highest BCUT2D eigenvalue weighted by Crippen LogP contribution is 2.28. The van der Waals surface area contributed by atoms with Crippen molar-refractivity contribution in [3.8, 4) is 0 Å². The number of nitrogens with zero attached hydrogens (tertiary/aromatic N) is 2. The Morgan fingerprint density at radius 3 is 1.80 bits per heavy atom. The zero-order valence-electron chi connectivity index (χ0n) is 18.0. The van der Waals surface area contributed by atoms with Gasteiger partial charge in [0.2, 0.25) is 0 Å². The highest BCUT2D eigenvalue weighted by Gasteiger charge is 2.24. The first-order valence-electron chi connectivity index (χ1n) is 11.5. The van der Waals surface area contributed by atoms with Crippen molar-refractivity contribution >= 4 is 0 Å². The molecule has 1 unspecified atom stereocenters. The molecule has 1 fully saturated rings. The van der Waals surface area contributed by atoms with E-state index < -0.39 is 0 Å². The van der Waals surface area contributed by atoms with Gasteiger partial charge in [-0.1, -0.05) is 97.4 Å². The fraction of sp³-hybridized carbons (Fsp3) is 0.357. The molecule has 156 valence electrons. The monoisotopic (exact) mass is 398 g/mol. The third-order valence-corrected chi connectivity index (χ3v) is 6.32. The first kappa shape index (κ1) is 20.8. The third kappa shape index (κ3) is 6.04. The van der Waals surface area contributed by atoms with E-state index in [4.69, 9.17) is 0 Å². The lowest BCUT2D eigenvalue weighted by Crippen LogP contribution is -2.47. The van der Waals surface area contributed by atoms with Crippen LogP contribution in [-0.2, 0) is 13.0 Å². The molecule has 0 N–H and O–H groups in total. The smallest absolute Gasteiger partial charge is 0.0349 e. The zero-order valence-corrected chi connectivity index (χ0v) is 18.0. The number of hydrogen-bond donors (Lipinski definition) is 0. The molecule has 1 atom stereocenters. The van der Waals surface area contributed by atoms with E-state index in [1.165, 1.54) is 42.4 Å². The standard InChI is InChI=1S/C28H34N2/c1-4-12-25(13-5-1)14-10-11-19-28(27-17-8-3-9-18-27)30-22-20-29(21-23-30)24-26-15-6-2-7-16-26/h1-9,12-13,15-18,28H,10-11,14,19-24H2. The van der Waals surface area contributed by atoms with Gasteiger partial charge in [-0.3, -0.25) is 9.80 Å². The normalized spacial score (nSPS) is 16.4. The molecule has 3 aromatic rings. The van der Waals surface area contributed by atoms with E-state index in [-0.39, 0.29) is 0 Å². The van der Waals surface area contributed by atoms with E-state index in [1.54, 1.807) is 0 Å². The number of rotatable bonds is 9. The van der Waals surface area contributed by atoms with Gasteiger partial charge in [0.25, 0.3) is 0 Å². The molecular formula is C28H34N2. The summed E-state index contributed by atoms with van der Waals surface area (Å²) in [7, 11) is 0. The van der Waals surface area contributed by atoms with Crippen LogP contribution in [0.5, 0.6) is 0 Å². The van der Waals surface area contributed by atoms with E-state index >= 15 is 0 Å². The molecule has 1 aliphatic rings.